The minimum atomic E-state index is -3.64. The molecule has 0 bridgehead atoms. The molecule has 1 aliphatic carbocycles. The molecule has 0 aliphatic heterocycles. The summed E-state index contributed by atoms with van der Waals surface area (Å²) in [6.45, 7) is 0.476. The van der Waals surface area contributed by atoms with Gasteiger partial charge in [0.15, 0.2) is 0 Å². The average molecular weight is 317 g/mol. The Morgan fingerprint density at radius 2 is 2.20 bits per heavy atom. The van der Waals surface area contributed by atoms with Crippen molar-refractivity contribution < 1.29 is 8.42 Å². The second kappa shape index (κ2) is 6.99. The number of hydrogen-bond acceptors (Lipinski definition) is 5. The van der Waals surface area contributed by atoms with Crippen molar-refractivity contribution in [3.63, 3.8) is 0 Å². The first-order valence-corrected chi connectivity index (χ1v) is 7.62. The fraction of sp³-hybridized carbons (Fsp3) is 0.500. The Hall–Kier alpha value is -1.20. The van der Waals surface area contributed by atoms with E-state index in [1.165, 1.54) is 18.5 Å². The van der Waals surface area contributed by atoms with Crippen LogP contribution in [0.3, 0.4) is 0 Å². The van der Waals surface area contributed by atoms with Gasteiger partial charge in [0.05, 0.1) is 5.56 Å². The zero-order valence-corrected chi connectivity index (χ0v) is 12.5. The lowest BCUT2D eigenvalue weighted by molar-refractivity contribution is 0.453. The lowest BCUT2D eigenvalue weighted by Crippen LogP contribution is -2.39. The van der Waals surface area contributed by atoms with Gasteiger partial charge in [0.2, 0.25) is 10.0 Å². The van der Waals surface area contributed by atoms with Gasteiger partial charge in [-0.25, -0.2) is 13.1 Å². The molecular weight excluding hydrogens is 300 g/mol. The molecule has 1 aromatic rings. The summed E-state index contributed by atoms with van der Waals surface area (Å²) >= 11 is 0. The number of nitrogens with one attached hydrogen (secondary N) is 1. The first-order chi connectivity index (χ1) is 9.06. The smallest absolute Gasteiger partial charge is 0.242 e. The molecule has 20 heavy (non-hydrogen) atoms. The molecule has 0 aromatic carbocycles. The number of nitrogens with zero attached hydrogens (tertiary/aromatic N) is 2. The second-order valence-corrected chi connectivity index (χ2v) is 6.39. The van der Waals surface area contributed by atoms with Gasteiger partial charge in [0, 0.05) is 18.4 Å². The number of sulfonamides is 1. The molecule has 2 unspecified atom stereocenters. The first kappa shape index (κ1) is 16.9. The molecule has 2 atom stereocenters. The third-order valence-electron chi connectivity index (χ3n) is 3.42. The third kappa shape index (κ3) is 3.67. The van der Waals surface area contributed by atoms with E-state index in [-0.39, 0.29) is 34.8 Å². The quantitative estimate of drug-likeness (QED) is 0.853. The monoisotopic (exact) mass is 316 g/mol. The molecule has 1 aromatic heterocycles. The predicted octanol–water partition coefficient (Wildman–Crippen LogP) is 0.781. The van der Waals surface area contributed by atoms with E-state index in [4.69, 9.17) is 11.0 Å². The van der Waals surface area contributed by atoms with Crippen LogP contribution in [0, 0.1) is 17.2 Å². The SMILES string of the molecule is Cl.N#Cc1cncc(S(=O)(=O)NC2CCCC2CN)c1. The fourth-order valence-corrected chi connectivity index (χ4v) is 3.70. The Bertz CT molecular complexity index is 600. The molecular formula is C12H17ClN4O2S. The summed E-state index contributed by atoms with van der Waals surface area (Å²) in [7, 11) is -3.64. The number of pyridine rings is 1. The van der Waals surface area contributed by atoms with E-state index >= 15 is 0 Å². The highest BCUT2D eigenvalue weighted by atomic mass is 35.5. The van der Waals surface area contributed by atoms with Crippen LogP contribution in [0.2, 0.25) is 0 Å². The summed E-state index contributed by atoms with van der Waals surface area (Å²) in [6, 6.07) is 3.08. The van der Waals surface area contributed by atoms with Crippen molar-refractivity contribution in [2.75, 3.05) is 6.54 Å². The van der Waals surface area contributed by atoms with Crippen LogP contribution in [-0.4, -0.2) is 26.0 Å². The molecule has 1 aliphatic rings. The second-order valence-electron chi connectivity index (χ2n) is 4.68. The van der Waals surface area contributed by atoms with Crippen molar-refractivity contribution in [3.05, 3.63) is 24.0 Å². The van der Waals surface area contributed by atoms with Crippen LogP contribution in [0.15, 0.2) is 23.4 Å². The highest BCUT2D eigenvalue weighted by Gasteiger charge is 2.30. The van der Waals surface area contributed by atoms with Crippen LogP contribution in [0.25, 0.3) is 0 Å². The van der Waals surface area contributed by atoms with Crippen LogP contribution in [0.5, 0.6) is 0 Å². The number of rotatable bonds is 4. The lowest BCUT2D eigenvalue weighted by Gasteiger charge is -2.19. The summed E-state index contributed by atoms with van der Waals surface area (Å²) in [5, 5.41) is 8.77. The molecule has 110 valence electrons. The topological polar surface area (TPSA) is 109 Å². The van der Waals surface area contributed by atoms with Crippen molar-refractivity contribution in [1.82, 2.24) is 9.71 Å². The van der Waals surface area contributed by atoms with E-state index in [1.807, 2.05) is 6.07 Å². The van der Waals surface area contributed by atoms with Crippen LogP contribution in [-0.2, 0) is 10.0 Å². The molecule has 1 fully saturated rings. The number of hydrogen-bond donors (Lipinski definition) is 2. The Morgan fingerprint density at radius 1 is 1.45 bits per heavy atom. The zero-order valence-electron chi connectivity index (χ0n) is 10.8. The highest BCUT2D eigenvalue weighted by molar-refractivity contribution is 7.89. The molecule has 3 N–H and O–H groups in total. The molecule has 1 saturated carbocycles. The lowest BCUT2D eigenvalue weighted by atomic mass is 10.1. The Kier molecular flexibility index (Phi) is 5.89. The van der Waals surface area contributed by atoms with Crippen molar-refractivity contribution in [2.45, 2.75) is 30.2 Å². The molecule has 0 radical (unpaired) electrons. The van der Waals surface area contributed by atoms with Gasteiger partial charge in [-0.1, -0.05) is 6.42 Å². The molecule has 0 saturated heterocycles. The van der Waals surface area contributed by atoms with E-state index in [2.05, 4.69) is 9.71 Å². The fourth-order valence-electron chi connectivity index (χ4n) is 2.37. The predicted molar refractivity (Wildman–Crippen MR) is 76.7 cm³/mol. The number of nitriles is 1. The summed E-state index contributed by atoms with van der Waals surface area (Å²) in [5.74, 6) is 0.182. The van der Waals surface area contributed by atoms with Crippen LogP contribution in [0.4, 0.5) is 0 Å². The molecule has 2 rings (SSSR count). The van der Waals surface area contributed by atoms with Gasteiger partial charge >= 0.3 is 0 Å². The van der Waals surface area contributed by atoms with Gasteiger partial charge in [-0.05, 0) is 31.4 Å². The maximum absolute atomic E-state index is 12.2. The van der Waals surface area contributed by atoms with Gasteiger partial charge in [-0.2, -0.15) is 5.26 Å². The minimum Gasteiger partial charge on any atom is -0.330 e. The van der Waals surface area contributed by atoms with Crippen LogP contribution >= 0.6 is 12.4 Å². The van der Waals surface area contributed by atoms with Gasteiger partial charge < -0.3 is 5.73 Å². The van der Waals surface area contributed by atoms with E-state index < -0.39 is 10.0 Å². The summed E-state index contributed by atoms with van der Waals surface area (Å²) in [4.78, 5) is 3.79. The third-order valence-corrected chi connectivity index (χ3v) is 4.88. The summed E-state index contributed by atoms with van der Waals surface area (Å²) < 4.78 is 27.1. The highest BCUT2D eigenvalue weighted by Crippen LogP contribution is 2.26. The van der Waals surface area contributed by atoms with Gasteiger partial charge in [-0.15, -0.1) is 12.4 Å². The van der Waals surface area contributed by atoms with Crippen molar-refractivity contribution in [1.29, 1.82) is 5.26 Å². The largest absolute Gasteiger partial charge is 0.330 e. The van der Waals surface area contributed by atoms with Gasteiger partial charge in [0.1, 0.15) is 11.0 Å². The number of aromatic nitrogens is 1. The van der Waals surface area contributed by atoms with Crippen LogP contribution < -0.4 is 10.5 Å². The van der Waals surface area contributed by atoms with Gasteiger partial charge in [0.25, 0.3) is 0 Å². The number of nitrogens with two attached hydrogens (primary N) is 1. The standard InChI is InChI=1S/C12H16N4O2S.ClH/c13-5-9-4-11(8-15-7-9)19(17,18)16-12-3-1-2-10(12)6-14;/h4,7-8,10,12,16H,1-3,6,14H2;1H. The van der Waals surface area contributed by atoms with E-state index in [9.17, 15) is 8.42 Å². The molecule has 0 spiro atoms. The normalized spacial score (nSPS) is 22.0. The Balaban J connectivity index is 0.00000200. The number of halogens is 1. The Morgan fingerprint density at radius 3 is 2.85 bits per heavy atom. The zero-order chi connectivity index (χ0) is 13.9. The first-order valence-electron chi connectivity index (χ1n) is 6.14. The van der Waals surface area contributed by atoms with Crippen LogP contribution in [0.1, 0.15) is 24.8 Å². The van der Waals surface area contributed by atoms with Gasteiger partial charge in [-0.3, -0.25) is 4.98 Å². The molecule has 1 heterocycles. The summed E-state index contributed by atoms with van der Waals surface area (Å²) in [5.41, 5.74) is 5.86. The van der Waals surface area contributed by atoms with Crippen molar-refractivity contribution >= 4 is 22.4 Å². The van der Waals surface area contributed by atoms with E-state index in [0.29, 0.717) is 6.54 Å². The maximum atomic E-state index is 12.2. The Labute approximate surface area is 124 Å². The summed E-state index contributed by atoms with van der Waals surface area (Å²) in [6.07, 6.45) is 5.30. The van der Waals surface area contributed by atoms with E-state index in [1.54, 1.807) is 0 Å². The minimum absolute atomic E-state index is 0. The van der Waals surface area contributed by atoms with E-state index in [0.717, 1.165) is 19.3 Å². The molecule has 0 amide bonds. The average Bonchev–Trinajstić information content (AvgIpc) is 2.85. The molecule has 6 nitrogen and oxygen atoms in total. The molecule has 8 heteroatoms. The van der Waals surface area contributed by atoms with Crippen molar-refractivity contribution in [3.8, 4) is 6.07 Å². The maximum Gasteiger partial charge on any atom is 0.242 e. The van der Waals surface area contributed by atoms with Crippen molar-refractivity contribution in [2.24, 2.45) is 11.7 Å².